The van der Waals surface area contributed by atoms with Gasteiger partial charge in [-0.1, -0.05) is 56.1 Å². The average Bonchev–Trinajstić information content (AvgIpc) is 2.65. The minimum atomic E-state index is 0.209. The Labute approximate surface area is 176 Å². The molecule has 0 radical (unpaired) electrons. The number of halogens is 1. The van der Waals surface area contributed by atoms with E-state index in [-0.39, 0.29) is 6.10 Å². The van der Waals surface area contributed by atoms with Crippen LogP contribution in [0.25, 0.3) is 0 Å². The highest BCUT2D eigenvalue weighted by Crippen LogP contribution is 2.28. The minimum absolute atomic E-state index is 0.209. The SMILES string of the molecule is CC(C)CCC(CCNC(C)c1ccc(Cl)cc1)c1ccc(OC(C)C)cc1. The van der Waals surface area contributed by atoms with Gasteiger partial charge in [-0.25, -0.2) is 0 Å². The van der Waals surface area contributed by atoms with Crippen LogP contribution in [-0.4, -0.2) is 12.6 Å². The third-order valence-corrected chi connectivity index (χ3v) is 5.38. The second kappa shape index (κ2) is 11.5. The first kappa shape index (κ1) is 22.8. The summed E-state index contributed by atoms with van der Waals surface area (Å²) in [6.45, 7) is 11.9. The summed E-state index contributed by atoms with van der Waals surface area (Å²) < 4.78 is 5.80. The second-order valence-corrected chi connectivity index (χ2v) is 8.86. The summed E-state index contributed by atoms with van der Waals surface area (Å²) in [7, 11) is 0. The van der Waals surface area contributed by atoms with Crippen LogP contribution in [0.5, 0.6) is 5.75 Å². The van der Waals surface area contributed by atoms with Crippen LogP contribution in [0.15, 0.2) is 48.5 Å². The number of hydrogen-bond donors (Lipinski definition) is 1. The van der Waals surface area contributed by atoms with Gasteiger partial charge in [-0.05, 0) is 87.4 Å². The van der Waals surface area contributed by atoms with Gasteiger partial charge in [0.25, 0.3) is 0 Å². The van der Waals surface area contributed by atoms with Crippen molar-refractivity contribution >= 4 is 11.6 Å². The Hall–Kier alpha value is -1.51. The van der Waals surface area contributed by atoms with E-state index in [4.69, 9.17) is 16.3 Å². The maximum atomic E-state index is 6.00. The zero-order chi connectivity index (χ0) is 20.5. The Morgan fingerprint density at radius 3 is 1.96 bits per heavy atom. The van der Waals surface area contributed by atoms with Gasteiger partial charge in [-0.15, -0.1) is 0 Å². The summed E-state index contributed by atoms with van der Waals surface area (Å²) in [4.78, 5) is 0. The molecule has 2 rings (SSSR count). The van der Waals surface area contributed by atoms with E-state index in [0.29, 0.717) is 12.0 Å². The molecule has 0 bridgehead atoms. The summed E-state index contributed by atoms with van der Waals surface area (Å²) >= 11 is 6.00. The van der Waals surface area contributed by atoms with Crippen molar-refractivity contribution in [1.29, 1.82) is 0 Å². The van der Waals surface area contributed by atoms with E-state index >= 15 is 0 Å². The molecule has 3 heteroatoms. The standard InChI is InChI=1S/C25H36ClNO/c1-18(2)6-7-23(22-10-14-25(15-11-22)28-19(3)4)16-17-27-20(5)21-8-12-24(26)13-9-21/h8-15,18-20,23,27H,6-7,16-17H2,1-5H3. The first-order valence-corrected chi connectivity index (χ1v) is 11.0. The largest absolute Gasteiger partial charge is 0.491 e. The molecule has 2 aromatic rings. The highest BCUT2D eigenvalue weighted by atomic mass is 35.5. The Bertz CT molecular complexity index is 679. The van der Waals surface area contributed by atoms with Gasteiger partial charge in [0.05, 0.1) is 6.10 Å². The van der Waals surface area contributed by atoms with Gasteiger partial charge in [0.15, 0.2) is 0 Å². The molecule has 1 N–H and O–H groups in total. The molecule has 2 unspecified atom stereocenters. The van der Waals surface area contributed by atoms with Crippen LogP contribution in [0.1, 0.15) is 77.0 Å². The van der Waals surface area contributed by atoms with Gasteiger partial charge < -0.3 is 10.1 Å². The molecular weight excluding hydrogens is 366 g/mol. The van der Waals surface area contributed by atoms with E-state index < -0.39 is 0 Å². The van der Waals surface area contributed by atoms with Gasteiger partial charge in [0.2, 0.25) is 0 Å². The van der Waals surface area contributed by atoms with E-state index in [1.54, 1.807) is 0 Å². The van der Waals surface area contributed by atoms with Gasteiger partial charge in [-0.2, -0.15) is 0 Å². The molecular formula is C25H36ClNO. The van der Waals surface area contributed by atoms with Crippen LogP contribution in [0.4, 0.5) is 0 Å². The molecule has 0 heterocycles. The van der Waals surface area contributed by atoms with Gasteiger partial charge in [-0.3, -0.25) is 0 Å². The molecule has 0 saturated carbocycles. The zero-order valence-electron chi connectivity index (χ0n) is 18.0. The fraction of sp³-hybridized carbons (Fsp3) is 0.520. The van der Waals surface area contributed by atoms with Crippen LogP contribution in [-0.2, 0) is 0 Å². The van der Waals surface area contributed by atoms with Crippen molar-refractivity contribution in [2.24, 2.45) is 5.92 Å². The van der Waals surface area contributed by atoms with Crippen molar-refractivity contribution in [3.05, 3.63) is 64.7 Å². The molecule has 0 aliphatic heterocycles. The molecule has 0 fully saturated rings. The van der Waals surface area contributed by atoms with Crippen LogP contribution in [0.3, 0.4) is 0 Å². The maximum Gasteiger partial charge on any atom is 0.119 e. The van der Waals surface area contributed by atoms with E-state index in [0.717, 1.165) is 29.7 Å². The van der Waals surface area contributed by atoms with Crippen LogP contribution in [0, 0.1) is 5.92 Å². The fourth-order valence-electron chi connectivity index (χ4n) is 3.45. The first-order chi connectivity index (χ1) is 13.3. The van der Waals surface area contributed by atoms with Crippen LogP contribution in [0.2, 0.25) is 5.02 Å². The third-order valence-electron chi connectivity index (χ3n) is 5.13. The van der Waals surface area contributed by atoms with Crippen molar-refractivity contribution in [1.82, 2.24) is 5.32 Å². The van der Waals surface area contributed by atoms with Gasteiger partial charge in [0.1, 0.15) is 5.75 Å². The molecule has 0 aromatic heterocycles. The monoisotopic (exact) mass is 401 g/mol. The summed E-state index contributed by atoms with van der Waals surface area (Å²) in [6, 6.07) is 17.2. The zero-order valence-corrected chi connectivity index (χ0v) is 18.8. The summed E-state index contributed by atoms with van der Waals surface area (Å²) in [6.07, 6.45) is 3.82. The Balaban J connectivity index is 1.95. The number of benzene rings is 2. The van der Waals surface area contributed by atoms with E-state index in [9.17, 15) is 0 Å². The fourth-order valence-corrected chi connectivity index (χ4v) is 3.57. The normalized spacial score (nSPS) is 13.7. The molecule has 0 spiro atoms. The average molecular weight is 402 g/mol. The molecule has 0 aliphatic rings. The molecule has 2 aromatic carbocycles. The molecule has 2 atom stereocenters. The lowest BCUT2D eigenvalue weighted by atomic mass is 9.88. The lowest BCUT2D eigenvalue weighted by molar-refractivity contribution is 0.242. The maximum absolute atomic E-state index is 6.00. The molecule has 0 amide bonds. The van der Waals surface area contributed by atoms with Gasteiger partial charge in [0, 0.05) is 11.1 Å². The number of rotatable bonds is 11. The van der Waals surface area contributed by atoms with Crippen molar-refractivity contribution in [2.45, 2.75) is 71.9 Å². The van der Waals surface area contributed by atoms with E-state index in [1.165, 1.54) is 24.0 Å². The summed E-state index contributed by atoms with van der Waals surface area (Å²) in [5, 5.41) is 4.46. The topological polar surface area (TPSA) is 21.3 Å². The van der Waals surface area contributed by atoms with E-state index in [2.05, 4.69) is 76.3 Å². The highest BCUT2D eigenvalue weighted by Gasteiger charge is 2.14. The Morgan fingerprint density at radius 2 is 1.39 bits per heavy atom. The van der Waals surface area contributed by atoms with Crippen LogP contribution < -0.4 is 10.1 Å². The molecule has 154 valence electrons. The van der Waals surface area contributed by atoms with Crippen molar-refractivity contribution in [3.8, 4) is 5.75 Å². The lowest BCUT2D eigenvalue weighted by Gasteiger charge is -2.21. The summed E-state index contributed by atoms with van der Waals surface area (Å²) in [5.74, 6) is 2.25. The predicted octanol–water partition coefficient (Wildman–Crippen LogP) is 7.39. The minimum Gasteiger partial charge on any atom is -0.491 e. The Kier molecular flexibility index (Phi) is 9.34. The molecule has 28 heavy (non-hydrogen) atoms. The first-order valence-electron chi connectivity index (χ1n) is 10.6. The molecule has 0 aliphatic carbocycles. The Morgan fingerprint density at radius 1 is 0.786 bits per heavy atom. The third kappa shape index (κ3) is 7.85. The smallest absolute Gasteiger partial charge is 0.119 e. The van der Waals surface area contributed by atoms with Crippen molar-refractivity contribution in [2.75, 3.05) is 6.54 Å². The number of hydrogen-bond acceptors (Lipinski definition) is 2. The van der Waals surface area contributed by atoms with Crippen LogP contribution >= 0.6 is 11.6 Å². The number of nitrogens with one attached hydrogen (secondary N) is 1. The second-order valence-electron chi connectivity index (χ2n) is 8.42. The molecule has 0 saturated heterocycles. The van der Waals surface area contributed by atoms with Gasteiger partial charge >= 0.3 is 0 Å². The lowest BCUT2D eigenvalue weighted by Crippen LogP contribution is -2.21. The van der Waals surface area contributed by atoms with Crippen molar-refractivity contribution < 1.29 is 4.74 Å². The predicted molar refractivity (Wildman–Crippen MR) is 122 cm³/mol. The molecule has 2 nitrogen and oxygen atoms in total. The quantitative estimate of drug-likeness (QED) is 0.423. The number of ether oxygens (including phenoxy) is 1. The summed E-state index contributed by atoms with van der Waals surface area (Å²) in [5.41, 5.74) is 2.69. The highest BCUT2D eigenvalue weighted by molar-refractivity contribution is 6.30. The van der Waals surface area contributed by atoms with Crippen molar-refractivity contribution in [3.63, 3.8) is 0 Å². The van der Waals surface area contributed by atoms with E-state index in [1.807, 2.05) is 12.1 Å².